The standard InChI is InChI=1S/C28H31FN2O3S/c1-35-23-10-4-20(5-11-23)19-28(16-13-27(33)31-28)15-12-26(32)30-17-14-24(25-3-2-18-34-25)21-6-8-22(29)9-7-21/h2-11,18,24H,12-17,19H2,1H3,(H,30,32)(H,31,33). The van der Waals surface area contributed by atoms with Gasteiger partial charge in [-0.2, -0.15) is 0 Å². The fourth-order valence-corrected chi connectivity index (χ4v) is 5.18. The quantitative estimate of drug-likeness (QED) is 0.348. The molecule has 1 aromatic heterocycles. The Balaban J connectivity index is 1.32. The molecule has 1 saturated heterocycles. The van der Waals surface area contributed by atoms with E-state index in [9.17, 15) is 14.0 Å². The van der Waals surface area contributed by atoms with Gasteiger partial charge in [-0.3, -0.25) is 9.59 Å². The summed E-state index contributed by atoms with van der Waals surface area (Å²) in [5.74, 6) is 0.433. The molecule has 0 bridgehead atoms. The Morgan fingerprint density at radius 1 is 1.17 bits per heavy atom. The summed E-state index contributed by atoms with van der Waals surface area (Å²) in [6.07, 6.45) is 7.17. The number of furan rings is 1. The Morgan fingerprint density at radius 3 is 2.57 bits per heavy atom. The van der Waals surface area contributed by atoms with E-state index in [1.807, 2.05) is 18.4 Å². The van der Waals surface area contributed by atoms with Crippen molar-refractivity contribution in [3.8, 4) is 0 Å². The Kier molecular flexibility index (Phi) is 8.29. The minimum absolute atomic E-state index is 0.0412. The zero-order valence-corrected chi connectivity index (χ0v) is 20.7. The zero-order chi connectivity index (χ0) is 24.7. The van der Waals surface area contributed by atoms with E-state index < -0.39 is 0 Å². The Bertz CT molecular complexity index is 1120. The van der Waals surface area contributed by atoms with Gasteiger partial charge in [0.05, 0.1) is 6.26 Å². The Hall–Kier alpha value is -3.06. The van der Waals surface area contributed by atoms with Gasteiger partial charge in [0.1, 0.15) is 11.6 Å². The van der Waals surface area contributed by atoms with Crippen LogP contribution < -0.4 is 10.6 Å². The average molecular weight is 495 g/mol. The second kappa shape index (κ2) is 11.6. The van der Waals surface area contributed by atoms with E-state index in [1.165, 1.54) is 17.0 Å². The second-order valence-electron chi connectivity index (χ2n) is 9.11. The first-order valence-corrected chi connectivity index (χ1v) is 13.2. The fraction of sp³-hybridized carbons (Fsp3) is 0.357. The first-order chi connectivity index (χ1) is 17.0. The number of rotatable bonds is 11. The van der Waals surface area contributed by atoms with Crippen LogP contribution in [-0.4, -0.2) is 30.2 Å². The molecule has 35 heavy (non-hydrogen) atoms. The highest BCUT2D eigenvalue weighted by atomic mass is 32.2. The predicted molar refractivity (Wildman–Crippen MR) is 136 cm³/mol. The summed E-state index contributed by atoms with van der Waals surface area (Å²) in [5, 5.41) is 6.17. The van der Waals surface area contributed by atoms with Crippen molar-refractivity contribution in [2.24, 2.45) is 0 Å². The zero-order valence-electron chi connectivity index (χ0n) is 19.9. The summed E-state index contributed by atoms with van der Waals surface area (Å²) in [5.41, 5.74) is 1.71. The lowest BCUT2D eigenvalue weighted by molar-refractivity contribution is -0.122. The summed E-state index contributed by atoms with van der Waals surface area (Å²) in [6.45, 7) is 0.469. The number of nitrogens with one attached hydrogen (secondary N) is 2. The SMILES string of the molecule is CSc1ccc(CC2(CCC(=O)NCCC(c3ccc(F)cc3)c3ccco3)CCC(=O)N2)cc1. The van der Waals surface area contributed by atoms with E-state index in [4.69, 9.17) is 4.42 Å². The van der Waals surface area contributed by atoms with Gasteiger partial charge in [-0.15, -0.1) is 11.8 Å². The second-order valence-corrected chi connectivity index (χ2v) is 9.99. The topological polar surface area (TPSA) is 71.3 Å². The molecule has 2 atom stereocenters. The van der Waals surface area contributed by atoms with Gasteiger partial charge in [0, 0.05) is 35.7 Å². The van der Waals surface area contributed by atoms with Crippen molar-refractivity contribution >= 4 is 23.6 Å². The maximum atomic E-state index is 13.4. The first kappa shape index (κ1) is 25.0. The predicted octanol–water partition coefficient (Wildman–Crippen LogP) is 5.45. The number of thioether (sulfide) groups is 1. The molecule has 5 nitrogen and oxygen atoms in total. The largest absolute Gasteiger partial charge is 0.469 e. The molecule has 2 heterocycles. The smallest absolute Gasteiger partial charge is 0.220 e. The highest BCUT2D eigenvalue weighted by molar-refractivity contribution is 7.98. The van der Waals surface area contributed by atoms with Crippen molar-refractivity contribution in [2.75, 3.05) is 12.8 Å². The van der Waals surface area contributed by atoms with Gasteiger partial charge in [-0.25, -0.2) is 4.39 Å². The molecular formula is C28H31FN2O3S. The summed E-state index contributed by atoms with van der Waals surface area (Å²) in [7, 11) is 0. The Morgan fingerprint density at radius 2 is 1.94 bits per heavy atom. The average Bonchev–Trinajstić information content (AvgIpc) is 3.52. The van der Waals surface area contributed by atoms with Crippen molar-refractivity contribution in [1.29, 1.82) is 0 Å². The molecule has 184 valence electrons. The van der Waals surface area contributed by atoms with E-state index in [-0.39, 0.29) is 29.1 Å². The van der Waals surface area contributed by atoms with Crippen LogP contribution in [0.25, 0.3) is 0 Å². The highest BCUT2D eigenvalue weighted by Gasteiger charge is 2.37. The number of halogens is 1. The van der Waals surface area contributed by atoms with Gasteiger partial charge in [0.25, 0.3) is 0 Å². The molecule has 2 aromatic carbocycles. The van der Waals surface area contributed by atoms with Gasteiger partial charge < -0.3 is 15.1 Å². The molecule has 2 unspecified atom stereocenters. The normalized spacial score (nSPS) is 18.3. The first-order valence-electron chi connectivity index (χ1n) is 12.0. The number of amides is 2. The molecule has 4 rings (SSSR count). The molecule has 0 aliphatic carbocycles. The van der Waals surface area contributed by atoms with Crippen molar-refractivity contribution in [3.63, 3.8) is 0 Å². The number of carbonyl (C=O) groups is 2. The third kappa shape index (κ3) is 6.75. The monoisotopic (exact) mass is 494 g/mol. The van der Waals surface area contributed by atoms with Crippen molar-refractivity contribution in [2.45, 2.75) is 54.9 Å². The molecule has 2 amide bonds. The van der Waals surface area contributed by atoms with Crippen LogP contribution >= 0.6 is 11.8 Å². The van der Waals surface area contributed by atoms with Gasteiger partial charge in [-0.1, -0.05) is 24.3 Å². The number of hydrogen-bond donors (Lipinski definition) is 2. The molecular weight excluding hydrogens is 463 g/mol. The van der Waals surface area contributed by atoms with Crippen molar-refractivity contribution < 1.29 is 18.4 Å². The molecule has 1 fully saturated rings. The van der Waals surface area contributed by atoms with Crippen LogP contribution in [0.5, 0.6) is 0 Å². The maximum Gasteiger partial charge on any atom is 0.220 e. The van der Waals surface area contributed by atoms with E-state index >= 15 is 0 Å². The Labute approximate surface area is 209 Å². The fourth-order valence-electron chi connectivity index (χ4n) is 4.77. The van der Waals surface area contributed by atoms with Gasteiger partial charge in [-0.05, 0) is 79.5 Å². The highest BCUT2D eigenvalue weighted by Crippen LogP contribution is 2.31. The summed E-state index contributed by atoms with van der Waals surface area (Å²) >= 11 is 1.70. The maximum absolute atomic E-state index is 13.4. The molecule has 0 saturated carbocycles. The lowest BCUT2D eigenvalue weighted by Gasteiger charge is -2.29. The van der Waals surface area contributed by atoms with Crippen LogP contribution in [0, 0.1) is 5.82 Å². The van der Waals surface area contributed by atoms with Gasteiger partial charge in [0.2, 0.25) is 11.8 Å². The third-order valence-electron chi connectivity index (χ3n) is 6.68. The molecule has 2 N–H and O–H groups in total. The number of carbonyl (C=O) groups excluding carboxylic acids is 2. The van der Waals surface area contributed by atoms with Gasteiger partial charge in [0.15, 0.2) is 0 Å². The molecule has 1 aliphatic rings. The van der Waals surface area contributed by atoms with Crippen LogP contribution in [0.2, 0.25) is 0 Å². The molecule has 1 aliphatic heterocycles. The lowest BCUT2D eigenvalue weighted by atomic mass is 9.85. The van der Waals surface area contributed by atoms with Crippen LogP contribution in [0.3, 0.4) is 0 Å². The minimum Gasteiger partial charge on any atom is -0.469 e. The van der Waals surface area contributed by atoms with E-state index in [0.717, 1.165) is 23.3 Å². The third-order valence-corrected chi connectivity index (χ3v) is 7.43. The molecule has 0 radical (unpaired) electrons. The molecule has 3 aromatic rings. The summed E-state index contributed by atoms with van der Waals surface area (Å²) < 4.78 is 19.0. The lowest BCUT2D eigenvalue weighted by Crippen LogP contribution is -2.44. The van der Waals surface area contributed by atoms with Crippen molar-refractivity contribution in [1.82, 2.24) is 10.6 Å². The number of benzene rings is 2. The number of hydrogen-bond acceptors (Lipinski definition) is 4. The molecule has 0 spiro atoms. The summed E-state index contributed by atoms with van der Waals surface area (Å²) in [6, 6.07) is 18.5. The van der Waals surface area contributed by atoms with Crippen LogP contribution in [0.4, 0.5) is 4.39 Å². The van der Waals surface area contributed by atoms with Crippen LogP contribution in [0.1, 0.15) is 54.9 Å². The van der Waals surface area contributed by atoms with Gasteiger partial charge >= 0.3 is 0 Å². The van der Waals surface area contributed by atoms with Crippen molar-refractivity contribution in [3.05, 3.63) is 89.6 Å². The summed E-state index contributed by atoms with van der Waals surface area (Å²) in [4.78, 5) is 26.0. The van der Waals surface area contributed by atoms with E-state index in [2.05, 4.69) is 34.9 Å². The molecule has 7 heteroatoms. The van der Waals surface area contributed by atoms with Crippen LogP contribution in [0.15, 0.2) is 76.2 Å². The van der Waals surface area contributed by atoms with Crippen LogP contribution in [-0.2, 0) is 16.0 Å². The van der Waals surface area contributed by atoms with E-state index in [1.54, 1.807) is 30.2 Å². The van der Waals surface area contributed by atoms with E-state index in [0.29, 0.717) is 38.6 Å². The minimum atomic E-state index is -0.389.